The van der Waals surface area contributed by atoms with Gasteiger partial charge in [-0.1, -0.05) is 0 Å². The Morgan fingerprint density at radius 3 is 3.00 bits per heavy atom. The van der Waals surface area contributed by atoms with Gasteiger partial charge in [-0.05, 0) is 33.1 Å². The quantitative estimate of drug-likeness (QED) is 0.892. The minimum atomic E-state index is -0.366. The van der Waals surface area contributed by atoms with Crippen molar-refractivity contribution in [2.75, 3.05) is 25.2 Å². The summed E-state index contributed by atoms with van der Waals surface area (Å²) in [5, 5.41) is 11.0. The Bertz CT molecular complexity index is 394. The van der Waals surface area contributed by atoms with E-state index in [0.29, 0.717) is 12.6 Å². The van der Waals surface area contributed by atoms with Crippen molar-refractivity contribution in [2.24, 2.45) is 0 Å². The van der Waals surface area contributed by atoms with E-state index in [9.17, 15) is 5.11 Å². The van der Waals surface area contributed by atoms with Crippen LogP contribution in [0.2, 0.25) is 0 Å². The maximum atomic E-state index is 9.97. The second-order valence-corrected chi connectivity index (χ2v) is 5.87. The highest BCUT2D eigenvalue weighted by Crippen LogP contribution is 2.37. The minimum absolute atomic E-state index is 0.310. The van der Waals surface area contributed by atoms with E-state index in [2.05, 4.69) is 23.7 Å². The lowest BCUT2D eigenvalue weighted by Gasteiger charge is -2.26. The van der Waals surface area contributed by atoms with Gasteiger partial charge in [-0.3, -0.25) is 0 Å². The highest BCUT2D eigenvalue weighted by Gasteiger charge is 2.25. The maximum absolute atomic E-state index is 9.97. The molecule has 0 spiro atoms. The number of nitrogens with zero attached hydrogens (tertiary/aromatic N) is 2. The third-order valence-electron chi connectivity index (χ3n) is 3.44. The Morgan fingerprint density at radius 1 is 1.61 bits per heavy atom. The zero-order chi connectivity index (χ0) is 13.1. The van der Waals surface area contributed by atoms with Crippen LogP contribution in [0.25, 0.3) is 0 Å². The first-order valence-electron chi connectivity index (χ1n) is 6.60. The fraction of sp³-hybridized carbons (Fsp3) is 0.769. The molecule has 18 heavy (non-hydrogen) atoms. The van der Waals surface area contributed by atoms with Gasteiger partial charge in [0.25, 0.3) is 0 Å². The lowest BCUT2D eigenvalue weighted by molar-refractivity contribution is 0.153. The van der Waals surface area contributed by atoms with E-state index in [1.807, 2.05) is 0 Å². The van der Waals surface area contributed by atoms with Crippen molar-refractivity contribution in [2.45, 2.75) is 45.3 Å². The molecule has 2 atom stereocenters. The smallest absolute Gasteiger partial charge is 0.186 e. The molecule has 1 heterocycles. The number of likely N-dealkylation sites (N-methyl/N-ethyl adjacent to an activating group) is 1. The van der Waals surface area contributed by atoms with Gasteiger partial charge in [0.1, 0.15) is 0 Å². The summed E-state index contributed by atoms with van der Waals surface area (Å²) in [7, 11) is 1.72. The number of aliphatic hydroxyl groups is 1. The van der Waals surface area contributed by atoms with Gasteiger partial charge in [0.15, 0.2) is 5.13 Å². The van der Waals surface area contributed by atoms with Gasteiger partial charge >= 0.3 is 0 Å². The molecule has 1 N–H and O–H groups in total. The number of hydrogen-bond acceptors (Lipinski definition) is 5. The van der Waals surface area contributed by atoms with Crippen LogP contribution >= 0.6 is 11.3 Å². The molecular formula is C13H22N2O2S. The van der Waals surface area contributed by atoms with Crippen LogP contribution in [0.5, 0.6) is 0 Å². The van der Waals surface area contributed by atoms with E-state index in [-0.39, 0.29) is 6.10 Å². The molecule has 1 aromatic rings. The second-order valence-electron chi connectivity index (χ2n) is 4.80. The summed E-state index contributed by atoms with van der Waals surface area (Å²) < 4.78 is 5.22. The number of ether oxygens (including phenoxy) is 1. The average Bonchev–Trinajstić information content (AvgIpc) is 2.75. The number of aryl methyl sites for hydroxylation is 1. The van der Waals surface area contributed by atoms with Gasteiger partial charge in [-0.2, -0.15) is 0 Å². The van der Waals surface area contributed by atoms with Crippen LogP contribution < -0.4 is 4.90 Å². The van der Waals surface area contributed by atoms with Crippen LogP contribution in [0.1, 0.15) is 43.4 Å². The van der Waals surface area contributed by atoms with Gasteiger partial charge in [-0.15, -0.1) is 11.3 Å². The fourth-order valence-corrected chi connectivity index (χ4v) is 3.80. The predicted molar refractivity (Wildman–Crippen MR) is 74.4 cm³/mol. The summed E-state index contributed by atoms with van der Waals surface area (Å²) >= 11 is 1.73. The number of aliphatic hydroxyl groups excluding tert-OH is 1. The molecule has 5 heteroatoms. The zero-order valence-electron chi connectivity index (χ0n) is 11.3. The molecule has 1 aromatic heterocycles. The van der Waals surface area contributed by atoms with Gasteiger partial charge in [0.2, 0.25) is 0 Å². The molecule has 102 valence electrons. The van der Waals surface area contributed by atoms with Crippen LogP contribution in [0.4, 0.5) is 5.13 Å². The van der Waals surface area contributed by atoms with Crippen molar-refractivity contribution in [3.05, 3.63) is 10.6 Å². The van der Waals surface area contributed by atoms with E-state index in [4.69, 9.17) is 4.74 Å². The van der Waals surface area contributed by atoms with Crippen LogP contribution in [0.3, 0.4) is 0 Å². The van der Waals surface area contributed by atoms with Crippen LogP contribution in [-0.2, 0) is 11.2 Å². The SMILES string of the molecule is CCN(c1nc2c(s1)CCCC2O)C(C)COC. The van der Waals surface area contributed by atoms with Crippen molar-refractivity contribution >= 4 is 16.5 Å². The standard InChI is InChI=1S/C13H22N2O2S/c1-4-15(9(2)8-17-3)13-14-12-10(16)6-5-7-11(12)18-13/h9-10,16H,4-8H2,1-3H3. The average molecular weight is 270 g/mol. The predicted octanol–water partition coefficient (Wildman–Crippen LogP) is 2.37. The molecular weight excluding hydrogens is 248 g/mol. The molecule has 4 nitrogen and oxygen atoms in total. The molecule has 1 aliphatic rings. The lowest BCUT2D eigenvalue weighted by Crippen LogP contribution is -2.36. The summed E-state index contributed by atoms with van der Waals surface area (Å²) in [6.45, 7) is 5.88. The first-order valence-corrected chi connectivity index (χ1v) is 7.42. The molecule has 0 saturated carbocycles. The molecule has 0 radical (unpaired) electrons. The van der Waals surface area contributed by atoms with E-state index in [1.54, 1.807) is 18.4 Å². The summed E-state index contributed by atoms with van der Waals surface area (Å²) in [4.78, 5) is 8.15. The van der Waals surface area contributed by atoms with Gasteiger partial charge < -0.3 is 14.7 Å². The molecule has 0 amide bonds. The molecule has 0 saturated heterocycles. The van der Waals surface area contributed by atoms with Crippen LogP contribution in [0, 0.1) is 0 Å². The first kappa shape index (κ1) is 13.8. The van der Waals surface area contributed by atoms with E-state index in [0.717, 1.165) is 36.6 Å². The normalized spacial score (nSPS) is 20.6. The molecule has 2 rings (SSSR count). The van der Waals surface area contributed by atoms with Gasteiger partial charge in [0, 0.05) is 18.5 Å². The summed E-state index contributed by atoms with van der Waals surface area (Å²) in [6, 6.07) is 0.310. The van der Waals surface area contributed by atoms with Crippen molar-refractivity contribution in [3.8, 4) is 0 Å². The Kier molecular flexibility index (Phi) is 4.59. The molecule has 1 aliphatic carbocycles. The second kappa shape index (κ2) is 5.99. The molecule has 0 fully saturated rings. The number of rotatable bonds is 5. The number of hydrogen-bond donors (Lipinski definition) is 1. The topological polar surface area (TPSA) is 45.6 Å². The van der Waals surface area contributed by atoms with E-state index in [1.165, 1.54) is 4.88 Å². The highest BCUT2D eigenvalue weighted by atomic mass is 32.1. The number of thiazole rings is 1. The minimum Gasteiger partial charge on any atom is -0.387 e. The Hall–Kier alpha value is -0.650. The Balaban J connectivity index is 2.21. The third kappa shape index (κ3) is 2.68. The van der Waals surface area contributed by atoms with Crippen molar-refractivity contribution in [1.29, 1.82) is 0 Å². The van der Waals surface area contributed by atoms with Crippen molar-refractivity contribution in [1.82, 2.24) is 4.98 Å². The van der Waals surface area contributed by atoms with Crippen LogP contribution in [-0.4, -0.2) is 36.4 Å². The highest BCUT2D eigenvalue weighted by molar-refractivity contribution is 7.15. The molecule has 0 bridgehead atoms. The molecule has 0 aliphatic heterocycles. The van der Waals surface area contributed by atoms with Crippen LogP contribution in [0.15, 0.2) is 0 Å². The number of aromatic nitrogens is 1. The summed E-state index contributed by atoms with van der Waals surface area (Å²) in [5.41, 5.74) is 0.907. The number of methoxy groups -OCH3 is 1. The zero-order valence-corrected chi connectivity index (χ0v) is 12.2. The lowest BCUT2D eigenvalue weighted by atomic mass is 10.0. The van der Waals surface area contributed by atoms with Gasteiger partial charge in [-0.25, -0.2) is 4.98 Å². The number of anilines is 1. The fourth-order valence-electron chi connectivity index (χ4n) is 2.47. The number of fused-ring (bicyclic) bond motifs is 1. The van der Waals surface area contributed by atoms with Gasteiger partial charge in [0.05, 0.1) is 24.4 Å². The monoisotopic (exact) mass is 270 g/mol. The Labute approximate surface area is 113 Å². The first-order chi connectivity index (χ1) is 8.67. The third-order valence-corrected chi connectivity index (χ3v) is 4.61. The molecule has 0 aromatic carbocycles. The van der Waals surface area contributed by atoms with E-state index < -0.39 is 0 Å². The largest absolute Gasteiger partial charge is 0.387 e. The summed E-state index contributed by atoms with van der Waals surface area (Å²) in [6.07, 6.45) is 2.60. The van der Waals surface area contributed by atoms with E-state index >= 15 is 0 Å². The van der Waals surface area contributed by atoms with Crippen molar-refractivity contribution < 1.29 is 9.84 Å². The summed E-state index contributed by atoms with van der Waals surface area (Å²) in [5.74, 6) is 0. The van der Waals surface area contributed by atoms with Crippen molar-refractivity contribution in [3.63, 3.8) is 0 Å². The Morgan fingerprint density at radius 2 is 2.39 bits per heavy atom. The molecule has 2 unspecified atom stereocenters. The maximum Gasteiger partial charge on any atom is 0.186 e.